The van der Waals surface area contributed by atoms with Crippen LogP contribution in [0.3, 0.4) is 0 Å². The molecule has 0 radical (unpaired) electrons. The van der Waals surface area contributed by atoms with Crippen molar-refractivity contribution in [3.8, 4) is 0 Å². The first-order valence-corrected chi connectivity index (χ1v) is 11.4. The minimum absolute atomic E-state index is 0.0370. The van der Waals surface area contributed by atoms with E-state index >= 15 is 0 Å². The predicted molar refractivity (Wildman–Crippen MR) is 120 cm³/mol. The van der Waals surface area contributed by atoms with E-state index in [-0.39, 0.29) is 17.0 Å². The van der Waals surface area contributed by atoms with Crippen molar-refractivity contribution in [2.45, 2.75) is 38.3 Å². The van der Waals surface area contributed by atoms with Crippen LogP contribution in [0.1, 0.15) is 35.5 Å². The third kappa shape index (κ3) is 5.50. The van der Waals surface area contributed by atoms with Gasteiger partial charge in [-0.05, 0) is 62.2 Å². The molecule has 1 unspecified atom stereocenters. The maximum Gasteiger partial charge on any atom is 0.322 e. The smallest absolute Gasteiger partial charge is 0.321 e. The number of sulfonamides is 1. The Labute approximate surface area is 182 Å². The Kier molecular flexibility index (Phi) is 6.47. The van der Waals surface area contributed by atoms with Gasteiger partial charge in [-0.15, -0.1) is 0 Å². The van der Waals surface area contributed by atoms with Gasteiger partial charge in [0.25, 0.3) is 0 Å². The molecule has 0 saturated carbocycles. The summed E-state index contributed by atoms with van der Waals surface area (Å²) in [5.74, 6) is 0. The first kappa shape index (κ1) is 22.5. The third-order valence-electron chi connectivity index (χ3n) is 5.21. The van der Waals surface area contributed by atoms with Crippen molar-refractivity contribution in [1.82, 2.24) is 14.7 Å². The second kappa shape index (κ2) is 8.91. The van der Waals surface area contributed by atoms with E-state index in [0.29, 0.717) is 12.2 Å². The fraction of sp³-hybridized carbons (Fsp3) is 0.273. The van der Waals surface area contributed by atoms with Crippen LogP contribution in [0.4, 0.5) is 10.5 Å². The highest BCUT2D eigenvalue weighted by atomic mass is 32.2. The number of nitrogens with one attached hydrogen (secondary N) is 1. The Morgan fingerprint density at radius 2 is 1.84 bits per heavy atom. The molecule has 31 heavy (non-hydrogen) atoms. The van der Waals surface area contributed by atoms with Gasteiger partial charge in [0.05, 0.1) is 23.2 Å². The van der Waals surface area contributed by atoms with Crippen molar-refractivity contribution in [2.75, 3.05) is 12.4 Å². The predicted octanol–water partition coefficient (Wildman–Crippen LogP) is 3.42. The number of amides is 2. The Morgan fingerprint density at radius 1 is 1.16 bits per heavy atom. The lowest BCUT2D eigenvalue weighted by Gasteiger charge is -2.26. The zero-order valence-corrected chi connectivity index (χ0v) is 18.8. The summed E-state index contributed by atoms with van der Waals surface area (Å²) < 4.78 is 24.8. The molecule has 0 bridgehead atoms. The molecule has 0 saturated heterocycles. The number of carbonyl (C=O) groups excluding carboxylic acids is 1. The van der Waals surface area contributed by atoms with Crippen LogP contribution in [-0.4, -0.2) is 36.2 Å². The lowest BCUT2D eigenvalue weighted by molar-refractivity contribution is 0.208. The molecular formula is C22H27N5O3S. The van der Waals surface area contributed by atoms with Crippen molar-refractivity contribution in [3.63, 3.8) is 0 Å². The summed E-state index contributed by atoms with van der Waals surface area (Å²) >= 11 is 0. The molecule has 0 aliphatic heterocycles. The van der Waals surface area contributed by atoms with Crippen molar-refractivity contribution in [2.24, 2.45) is 5.14 Å². The molecule has 2 aromatic carbocycles. The zero-order valence-electron chi connectivity index (χ0n) is 18.0. The largest absolute Gasteiger partial charge is 0.322 e. The highest BCUT2D eigenvalue weighted by Crippen LogP contribution is 2.22. The van der Waals surface area contributed by atoms with Crippen LogP contribution in [0.5, 0.6) is 0 Å². The summed E-state index contributed by atoms with van der Waals surface area (Å²) in [7, 11) is -2.06. The topological polar surface area (TPSA) is 110 Å². The van der Waals surface area contributed by atoms with Gasteiger partial charge in [-0.25, -0.2) is 18.4 Å². The number of primary sulfonamides is 1. The van der Waals surface area contributed by atoms with Gasteiger partial charge in [0.15, 0.2) is 0 Å². The van der Waals surface area contributed by atoms with E-state index in [4.69, 9.17) is 5.14 Å². The van der Waals surface area contributed by atoms with Crippen molar-refractivity contribution >= 4 is 21.7 Å². The Bertz CT molecular complexity index is 1190. The van der Waals surface area contributed by atoms with Crippen molar-refractivity contribution in [1.29, 1.82) is 0 Å². The molecule has 0 fully saturated rings. The van der Waals surface area contributed by atoms with Gasteiger partial charge in [-0.3, -0.25) is 4.68 Å². The molecular weight excluding hydrogens is 414 g/mol. The Hall–Kier alpha value is -3.17. The molecule has 3 N–H and O–H groups in total. The third-order valence-corrected chi connectivity index (χ3v) is 6.14. The van der Waals surface area contributed by atoms with Gasteiger partial charge in [-0.2, -0.15) is 5.10 Å². The van der Waals surface area contributed by atoms with Crippen LogP contribution in [0.2, 0.25) is 0 Å². The van der Waals surface area contributed by atoms with Crippen LogP contribution in [-0.2, 0) is 16.6 Å². The van der Waals surface area contributed by atoms with E-state index in [1.165, 1.54) is 12.1 Å². The van der Waals surface area contributed by atoms with Crippen molar-refractivity contribution < 1.29 is 13.2 Å². The van der Waals surface area contributed by atoms with Gasteiger partial charge < -0.3 is 10.2 Å². The molecule has 2 amide bonds. The van der Waals surface area contributed by atoms with Gasteiger partial charge in [0.1, 0.15) is 0 Å². The molecule has 1 heterocycles. The normalized spacial score (nSPS) is 12.4. The second-order valence-electron chi connectivity index (χ2n) is 7.62. The summed E-state index contributed by atoms with van der Waals surface area (Å²) in [6, 6.07) is 15.3. The number of urea groups is 1. The number of rotatable bonds is 6. The van der Waals surface area contributed by atoms with Gasteiger partial charge in [0.2, 0.25) is 10.0 Å². The summed E-state index contributed by atoms with van der Waals surface area (Å²) in [5, 5.41) is 12.5. The number of carbonyl (C=O) groups is 1. The van der Waals surface area contributed by atoms with Crippen LogP contribution in [0.25, 0.3) is 0 Å². The van der Waals surface area contributed by atoms with Crippen LogP contribution >= 0.6 is 0 Å². The van der Waals surface area contributed by atoms with E-state index < -0.39 is 10.0 Å². The number of hydrogen-bond acceptors (Lipinski definition) is 4. The SMILES string of the molecule is Cc1cc(C)n(Cc2cccc(NC(=O)N(C)C(C)c3ccc(S(N)(=O)=O)cc3)c2)n1. The maximum absolute atomic E-state index is 12.8. The van der Waals surface area contributed by atoms with Gasteiger partial charge in [-0.1, -0.05) is 24.3 Å². The monoisotopic (exact) mass is 441 g/mol. The minimum atomic E-state index is -3.75. The van der Waals surface area contributed by atoms with Crippen molar-refractivity contribution in [3.05, 3.63) is 77.1 Å². The number of hydrogen-bond donors (Lipinski definition) is 2. The number of benzene rings is 2. The summed E-state index contributed by atoms with van der Waals surface area (Å²) in [6.07, 6.45) is 0. The van der Waals surface area contributed by atoms with E-state index in [1.807, 2.05) is 55.8 Å². The highest BCUT2D eigenvalue weighted by Gasteiger charge is 2.18. The number of nitrogens with two attached hydrogens (primary N) is 1. The summed E-state index contributed by atoms with van der Waals surface area (Å²) in [6.45, 7) is 6.45. The quantitative estimate of drug-likeness (QED) is 0.611. The fourth-order valence-corrected chi connectivity index (χ4v) is 3.82. The lowest BCUT2D eigenvalue weighted by Crippen LogP contribution is -2.33. The first-order valence-electron chi connectivity index (χ1n) is 9.81. The molecule has 8 nitrogen and oxygen atoms in total. The van der Waals surface area contributed by atoms with E-state index in [1.54, 1.807) is 24.1 Å². The molecule has 0 aliphatic rings. The number of aromatic nitrogens is 2. The van der Waals surface area contributed by atoms with E-state index in [9.17, 15) is 13.2 Å². The number of nitrogens with zero attached hydrogens (tertiary/aromatic N) is 3. The average Bonchev–Trinajstić information content (AvgIpc) is 3.03. The van der Waals surface area contributed by atoms with E-state index in [2.05, 4.69) is 10.4 Å². The average molecular weight is 442 g/mol. The van der Waals surface area contributed by atoms with Crippen LogP contribution in [0.15, 0.2) is 59.5 Å². The molecule has 9 heteroatoms. The summed E-state index contributed by atoms with van der Waals surface area (Å²) in [4.78, 5) is 14.4. The van der Waals surface area contributed by atoms with Crippen LogP contribution in [0, 0.1) is 13.8 Å². The van der Waals surface area contributed by atoms with Gasteiger partial charge >= 0.3 is 6.03 Å². The molecule has 3 rings (SSSR count). The molecule has 1 atom stereocenters. The molecule has 3 aromatic rings. The van der Waals surface area contributed by atoms with Crippen LogP contribution < -0.4 is 10.5 Å². The minimum Gasteiger partial charge on any atom is -0.321 e. The molecule has 164 valence electrons. The number of anilines is 1. The standard InChI is InChI=1S/C22H27N5O3S/c1-15-12-16(2)27(25-15)14-18-6-5-7-20(13-18)24-22(28)26(4)17(3)19-8-10-21(11-9-19)31(23,29)30/h5-13,17H,14H2,1-4H3,(H,24,28)(H2,23,29,30). The Morgan fingerprint density at radius 3 is 2.42 bits per heavy atom. The molecule has 0 aliphatic carbocycles. The Balaban J connectivity index is 1.68. The van der Waals surface area contributed by atoms with Gasteiger partial charge in [0, 0.05) is 18.4 Å². The van der Waals surface area contributed by atoms with E-state index in [0.717, 1.165) is 22.5 Å². The fourth-order valence-electron chi connectivity index (χ4n) is 3.30. The second-order valence-corrected chi connectivity index (χ2v) is 9.18. The summed E-state index contributed by atoms with van der Waals surface area (Å²) in [5.41, 5.74) is 4.55. The zero-order chi connectivity index (χ0) is 22.8. The maximum atomic E-state index is 12.8. The highest BCUT2D eigenvalue weighted by molar-refractivity contribution is 7.89. The molecule has 1 aromatic heterocycles. The lowest BCUT2D eigenvalue weighted by atomic mass is 10.1. The number of aryl methyl sites for hydroxylation is 2. The molecule has 0 spiro atoms. The first-order chi connectivity index (χ1) is 14.5.